The molecule has 6 aliphatic carbocycles. The molecule has 7 rings (SSSR count). The molecule has 11 atom stereocenters. The van der Waals surface area contributed by atoms with E-state index < -0.39 is 11.4 Å². The second-order valence-electron chi connectivity index (χ2n) is 13.8. The first-order valence-electron chi connectivity index (χ1n) is 15.7. The van der Waals surface area contributed by atoms with Gasteiger partial charge in [-0.15, -0.1) is 0 Å². The Kier molecular flexibility index (Phi) is 6.64. The van der Waals surface area contributed by atoms with Crippen molar-refractivity contribution in [3.8, 4) is 5.75 Å². The van der Waals surface area contributed by atoms with Crippen LogP contribution in [0.4, 0.5) is 0 Å². The Bertz CT molecular complexity index is 1070. The van der Waals surface area contributed by atoms with E-state index in [0.717, 1.165) is 53.8 Å². The molecule has 4 nitrogen and oxygen atoms in total. The van der Waals surface area contributed by atoms with Gasteiger partial charge in [0, 0.05) is 6.20 Å². The molecule has 1 N–H and O–H groups in total. The molecule has 0 aliphatic heterocycles. The molecule has 0 bridgehead atoms. The zero-order valence-corrected chi connectivity index (χ0v) is 22.8. The maximum atomic E-state index is 12.9. The number of pyridine rings is 1. The van der Waals surface area contributed by atoms with Crippen LogP contribution in [0, 0.1) is 64.6 Å². The number of hydrogen-bond donors (Lipinski definition) is 1. The van der Waals surface area contributed by atoms with Crippen molar-refractivity contribution in [2.75, 3.05) is 6.61 Å². The first kappa shape index (κ1) is 24.9. The maximum absolute atomic E-state index is 12.9. The van der Waals surface area contributed by atoms with Gasteiger partial charge in [0.2, 0.25) is 0 Å². The molecule has 0 amide bonds. The van der Waals surface area contributed by atoms with Crippen molar-refractivity contribution >= 4 is 5.97 Å². The van der Waals surface area contributed by atoms with Crippen molar-refractivity contribution in [3.05, 3.63) is 48.8 Å². The highest BCUT2D eigenvalue weighted by molar-refractivity contribution is 5.76. The average molecular weight is 516 g/mol. The zero-order valence-electron chi connectivity index (χ0n) is 22.8. The summed E-state index contributed by atoms with van der Waals surface area (Å²) in [6.07, 6.45) is 28.2. The Morgan fingerprint density at radius 1 is 0.895 bits per heavy atom. The van der Waals surface area contributed by atoms with E-state index in [1.807, 2.05) is 12.1 Å². The standard InChI is InChI=1S/C34H45NO3/c36-33(37)34(21-38-25-6-4-18-35-20-25)17-2-1-8-32(34)24-11-12-27-23(19-24)10-14-31-29(27)16-15-28-26-7-3-5-22(26)9-13-30(28)31/h1,3-6,8,18,20,22-24,26-32H,2,7,9-17,19,21H2,(H,36,37). The van der Waals surface area contributed by atoms with Gasteiger partial charge in [-0.25, -0.2) is 0 Å². The van der Waals surface area contributed by atoms with Crippen molar-refractivity contribution < 1.29 is 14.6 Å². The molecule has 1 aromatic rings. The monoisotopic (exact) mass is 515 g/mol. The van der Waals surface area contributed by atoms with Crippen LogP contribution in [0.15, 0.2) is 48.8 Å². The van der Waals surface area contributed by atoms with E-state index in [9.17, 15) is 9.90 Å². The topological polar surface area (TPSA) is 59.4 Å². The van der Waals surface area contributed by atoms with E-state index >= 15 is 0 Å². The molecule has 0 aromatic carbocycles. The molecule has 11 unspecified atom stereocenters. The van der Waals surface area contributed by atoms with Crippen LogP contribution < -0.4 is 4.74 Å². The fraction of sp³-hybridized carbons (Fsp3) is 0.706. The van der Waals surface area contributed by atoms with Crippen LogP contribution in [0.1, 0.15) is 77.0 Å². The second-order valence-corrected chi connectivity index (χ2v) is 13.8. The summed E-state index contributed by atoms with van der Waals surface area (Å²) >= 11 is 0. The van der Waals surface area contributed by atoms with Crippen molar-refractivity contribution in [1.29, 1.82) is 0 Å². The Morgan fingerprint density at radius 3 is 2.45 bits per heavy atom. The minimum atomic E-state index is -0.842. The fourth-order valence-electron chi connectivity index (χ4n) is 10.9. The molecular formula is C34H45NO3. The number of aromatic nitrogens is 1. The lowest BCUT2D eigenvalue weighted by atomic mass is 9.48. The fourth-order valence-corrected chi connectivity index (χ4v) is 10.9. The van der Waals surface area contributed by atoms with Crippen LogP contribution in [0.3, 0.4) is 0 Å². The van der Waals surface area contributed by atoms with Crippen LogP contribution >= 0.6 is 0 Å². The van der Waals surface area contributed by atoms with Gasteiger partial charge in [0.25, 0.3) is 0 Å². The second kappa shape index (κ2) is 10.1. The van der Waals surface area contributed by atoms with Crippen LogP contribution in [0.2, 0.25) is 0 Å². The van der Waals surface area contributed by atoms with Gasteiger partial charge in [-0.1, -0.05) is 24.3 Å². The number of carbonyl (C=O) groups is 1. The minimum Gasteiger partial charge on any atom is -0.491 e. The molecule has 6 aliphatic rings. The molecule has 38 heavy (non-hydrogen) atoms. The van der Waals surface area contributed by atoms with Gasteiger partial charge >= 0.3 is 5.97 Å². The van der Waals surface area contributed by atoms with E-state index in [1.54, 1.807) is 12.4 Å². The summed E-state index contributed by atoms with van der Waals surface area (Å²) < 4.78 is 6.11. The number of ether oxygens (including phenoxy) is 1. The molecule has 0 spiro atoms. The summed E-state index contributed by atoms with van der Waals surface area (Å²) in [5.74, 6) is 7.88. The summed E-state index contributed by atoms with van der Waals surface area (Å²) in [4.78, 5) is 17.1. The molecule has 0 saturated heterocycles. The predicted molar refractivity (Wildman–Crippen MR) is 148 cm³/mol. The van der Waals surface area contributed by atoms with Gasteiger partial charge in [0.05, 0.1) is 6.20 Å². The molecule has 1 heterocycles. The van der Waals surface area contributed by atoms with Crippen LogP contribution in [0.5, 0.6) is 5.75 Å². The van der Waals surface area contributed by atoms with Crippen molar-refractivity contribution in [3.63, 3.8) is 0 Å². The predicted octanol–water partition coefficient (Wildman–Crippen LogP) is 7.57. The van der Waals surface area contributed by atoms with E-state index in [4.69, 9.17) is 4.74 Å². The van der Waals surface area contributed by atoms with Crippen LogP contribution in [0.25, 0.3) is 0 Å². The van der Waals surface area contributed by atoms with Gasteiger partial charge in [-0.2, -0.15) is 0 Å². The highest BCUT2D eigenvalue weighted by Gasteiger charge is 2.55. The summed E-state index contributed by atoms with van der Waals surface area (Å²) in [5.41, 5.74) is -0.842. The third-order valence-corrected chi connectivity index (χ3v) is 12.5. The Balaban J connectivity index is 1.06. The number of nitrogens with zero attached hydrogens (tertiary/aromatic N) is 1. The lowest BCUT2D eigenvalue weighted by Gasteiger charge is -2.57. The van der Waals surface area contributed by atoms with Gasteiger partial charge in [0.15, 0.2) is 0 Å². The van der Waals surface area contributed by atoms with Crippen molar-refractivity contribution in [2.24, 2.45) is 64.6 Å². The van der Waals surface area contributed by atoms with Gasteiger partial charge in [0.1, 0.15) is 17.8 Å². The van der Waals surface area contributed by atoms with E-state index in [0.29, 0.717) is 18.1 Å². The molecule has 204 valence electrons. The van der Waals surface area contributed by atoms with Gasteiger partial charge < -0.3 is 9.84 Å². The number of rotatable bonds is 5. The summed E-state index contributed by atoms with van der Waals surface area (Å²) in [7, 11) is 0. The SMILES string of the molecule is O=C(O)C1(COc2cccnc2)CCC=CC1C1CCC2C(CCC3C2CCC2C4CC=CC4CCC23)C1. The number of hydrogen-bond acceptors (Lipinski definition) is 3. The molecular weight excluding hydrogens is 470 g/mol. The molecule has 4 heteroatoms. The van der Waals surface area contributed by atoms with Crippen LogP contribution in [-0.2, 0) is 4.79 Å². The normalized spacial score (nSPS) is 45.4. The molecule has 4 saturated carbocycles. The first-order valence-corrected chi connectivity index (χ1v) is 15.7. The summed E-state index contributed by atoms with van der Waals surface area (Å²) in [6.45, 7) is 0.235. The van der Waals surface area contributed by atoms with Crippen molar-refractivity contribution in [2.45, 2.75) is 77.0 Å². The summed E-state index contributed by atoms with van der Waals surface area (Å²) in [5, 5.41) is 10.6. The molecule has 1 aromatic heterocycles. The first-order chi connectivity index (χ1) is 18.6. The highest BCUT2D eigenvalue weighted by atomic mass is 16.5. The summed E-state index contributed by atoms with van der Waals surface area (Å²) in [6, 6.07) is 3.73. The lowest BCUT2D eigenvalue weighted by Crippen LogP contribution is -2.51. The van der Waals surface area contributed by atoms with Crippen molar-refractivity contribution in [1.82, 2.24) is 4.98 Å². The van der Waals surface area contributed by atoms with E-state index in [-0.39, 0.29) is 12.5 Å². The smallest absolute Gasteiger partial charge is 0.313 e. The zero-order chi connectivity index (χ0) is 25.7. The number of carboxylic acids is 1. The van der Waals surface area contributed by atoms with E-state index in [1.165, 1.54) is 64.2 Å². The lowest BCUT2D eigenvalue weighted by molar-refractivity contribution is -0.158. The largest absolute Gasteiger partial charge is 0.491 e. The molecule has 0 radical (unpaired) electrons. The number of aliphatic carboxylic acids is 1. The van der Waals surface area contributed by atoms with E-state index in [2.05, 4.69) is 29.3 Å². The number of carboxylic acid groups (broad SMARTS) is 1. The minimum absolute atomic E-state index is 0.0602. The average Bonchev–Trinajstić information content (AvgIpc) is 3.45. The molecule has 4 fully saturated rings. The van der Waals surface area contributed by atoms with Crippen LogP contribution in [-0.4, -0.2) is 22.7 Å². The maximum Gasteiger partial charge on any atom is 0.313 e. The number of fused-ring (bicyclic) bond motifs is 7. The van der Waals surface area contributed by atoms with Gasteiger partial charge in [-0.3, -0.25) is 9.78 Å². The number of allylic oxidation sites excluding steroid dienone is 4. The Hall–Kier alpha value is -2.10. The Labute approximate surface area is 228 Å². The van der Waals surface area contributed by atoms with Gasteiger partial charge in [-0.05, 0) is 148 Å². The quantitative estimate of drug-likeness (QED) is 0.411. The highest BCUT2D eigenvalue weighted by Crippen LogP contribution is 2.61. The third kappa shape index (κ3) is 4.16. The Morgan fingerprint density at radius 2 is 1.63 bits per heavy atom. The third-order valence-electron chi connectivity index (χ3n) is 12.5.